The normalized spacial score (nSPS) is 13.3. The maximum Gasteiger partial charge on any atom is 0.258 e. The first-order valence-electron chi connectivity index (χ1n) is 9.60. The Morgan fingerprint density at radius 1 is 1.18 bits per heavy atom. The van der Waals surface area contributed by atoms with Crippen molar-refractivity contribution < 1.29 is 9.53 Å². The summed E-state index contributed by atoms with van der Waals surface area (Å²) in [5.74, 6) is 1.80. The van der Waals surface area contributed by atoms with E-state index in [-0.39, 0.29) is 18.6 Å². The summed E-state index contributed by atoms with van der Waals surface area (Å²) in [5.41, 5.74) is 2.04. The van der Waals surface area contributed by atoms with Gasteiger partial charge in [0.05, 0.1) is 17.1 Å². The second kappa shape index (κ2) is 9.11. The number of imidazole rings is 1. The Balaban J connectivity index is 1.71. The Morgan fingerprint density at radius 2 is 1.89 bits per heavy atom. The Morgan fingerprint density at radius 3 is 2.61 bits per heavy atom. The second-order valence-corrected chi connectivity index (χ2v) is 7.55. The van der Waals surface area contributed by atoms with Crippen molar-refractivity contribution in [2.45, 2.75) is 39.8 Å². The van der Waals surface area contributed by atoms with Gasteiger partial charge in [0.1, 0.15) is 11.6 Å². The minimum Gasteiger partial charge on any atom is -0.484 e. The van der Waals surface area contributed by atoms with E-state index in [0.717, 1.165) is 29.8 Å². The Hall–Kier alpha value is -2.53. The van der Waals surface area contributed by atoms with Crippen LogP contribution in [0.15, 0.2) is 48.5 Å². The van der Waals surface area contributed by atoms with Gasteiger partial charge in [0.15, 0.2) is 6.61 Å². The minimum atomic E-state index is -0.224. The summed E-state index contributed by atoms with van der Waals surface area (Å²) in [4.78, 5) is 17.1. The number of ether oxygens (including phenoxy) is 1. The lowest BCUT2D eigenvalue weighted by molar-refractivity contribution is -0.123. The van der Waals surface area contributed by atoms with Gasteiger partial charge in [-0.25, -0.2) is 4.98 Å². The summed E-state index contributed by atoms with van der Waals surface area (Å²) in [5, 5.41) is 3.63. The predicted octanol–water partition coefficient (Wildman–Crippen LogP) is 4.99. The highest BCUT2D eigenvalue weighted by Crippen LogP contribution is 2.23. The molecule has 28 heavy (non-hydrogen) atoms. The zero-order valence-electron chi connectivity index (χ0n) is 16.5. The molecule has 0 radical (unpaired) electrons. The number of para-hydroxylation sites is 2. The van der Waals surface area contributed by atoms with Crippen molar-refractivity contribution in [1.29, 1.82) is 0 Å². The number of hydrogen-bond acceptors (Lipinski definition) is 3. The molecule has 1 N–H and O–H groups in total. The van der Waals surface area contributed by atoms with Gasteiger partial charge in [-0.05, 0) is 49.2 Å². The zero-order chi connectivity index (χ0) is 20.1. The van der Waals surface area contributed by atoms with Crippen LogP contribution in [0.25, 0.3) is 11.0 Å². The summed E-state index contributed by atoms with van der Waals surface area (Å²) >= 11 is 5.86. The molecule has 6 heteroatoms. The second-order valence-electron chi connectivity index (χ2n) is 7.11. The van der Waals surface area contributed by atoms with Crippen LogP contribution in [-0.4, -0.2) is 22.1 Å². The monoisotopic (exact) mass is 399 g/mol. The SMILES string of the molecule is CCC(C)Cn1c(C(C)NC(=O)COc2ccc(Cl)cc2)nc2ccccc21. The van der Waals surface area contributed by atoms with Crippen LogP contribution in [0.5, 0.6) is 5.75 Å². The number of fused-ring (bicyclic) bond motifs is 1. The quantitative estimate of drug-likeness (QED) is 0.580. The van der Waals surface area contributed by atoms with Crippen molar-refractivity contribution in [2.75, 3.05) is 6.61 Å². The number of carbonyl (C=O) groups excluding carboxylic acids is 1. The van der Waals surface area contributed by atoms with E-state index in [2.05, 4.69) is 29.8 Å². The van der Waals surface area contributed by atoms with Gasteiger partial charge < -0.3 is 14.6 Å². The molecule has 2 atom stereocenters. The van der Waals surface area contributed by atoms with E-state index in [0.29, 0.717) is 16.7 Å². The molecule has 0 saturated carbocycles. The smallest absolute Gasteiger partial charge is 0.258 e. The van der Waals surface area contributed by atoms with Crippen LogP contribution in [0.1, 0.15) is 39.1 Å². The van der Waals surface area contributed by atoms with Gasteiger partial charge >= 0.3 is 0 Å². The highest BCUT2D eigenvalue weighted by Gasteiger charge is 2.19. The first-order chi connectivity index (χ1) is 13.5. The largest absolute Gasteiger partial charge is 0.484 e. The first-order valence-corrected chi connectivity index (χ1v) is 9.98. The molecule has 148 valence electrons. The molecule has 0 aliphatic rings. The number of carbonyl (C=O) groups is 1. The minimum absolute atomic E-state index is 0.0580. The topological polar surface area (TPSA) is 56.2 Å². The summed E-state index contributed by atoms with van der Waals surface area (Å²) < 4.78 is 7.75. The Labute approximate surface area is 170 Å². The van der Waals surface area contributed by atoms with E-state index in [1.165, 1.54) is 0 Å². The fourth-order valence-electron chi connectivity index (χ4n) is 3.08. The van der Waals surface area contributed by atoms with Crippen LogP contribution in [0.4, 0.5) is 0 Å². The van der Waals surface area contributed by atoms with E-state index in [9.17, 15) is 4.79 Å². The summed E-state index contributed by atoms with van der Waals surface area (Å²) in [6.07, 6.45) is 1.08. The molecular weight excluding hydrogens is 374 g/mol. The highest BCUT2D eigenvalue weighted by molar-refractivity contribution is 6.30. The molecule has 0 saturated heterocycles. The van der Waals surface area contributed by atoms with Crippen LogP contribution in [0.2, 0.25) is 5.02 Å². The van der Waals surface area contributed by atoms with Crippen molar-refractivity contribution in [3.8, 4) is 5.75 Å². The lowest BCUT2D eigenvalue weighted by Crippen LogP contribution is -2.33. The molecule has 3 aromatic rings. The van der Waals surface area contributed by atoms with Crippen molar-refractivity contribution in [3.63, 3.8) is 0 Å². The molecule has 0 bridgehead atoms. The lowest BCUT2D eigenvalue weighted by atomic mass is 10.1. The van der Waals surface area contributed by atoms with Crippen molar-refractivity contribution in [3.05, 3.63) is 59.4 Å². The van der Waals surface area contributed by atoms with Gasteiger partial charge in [0.25, 0.3) is 5.91 Å². The number of nitrogens with zero attached hydrogens (tertiary/aromatic N) is 2. The molecule has 2 aromatic carbocycles. The number of aromatic nitrogens is 2. The van der Waals surface area contributed by atoms with Crippen molar-refractivity contribution in [2.24, 2.45) is 5.92 Å². The van der Waals surface area contributed by atoms with Gasteiger partial charge in [-0.3, -0.25) is 4.79 Å². The van der Waals surface area contributed by atoms with E-state index in [1.807, 2.05) is 25.1 Å². The molecule has 0 aliphatic heterocycles. The molecule has 0 spiro atoms. The van der Waals surface area contributed by atoms with Gasteiger partial charge in [0, 0.05) is 11.6 Å². The van der Waals surface area contributed by atoms with E-state index in [1.54, 1.807) is 24.3 Å². The number of hydrogen-bond donors (Lipinski definition) is 1. The van der Waals surface area contributed by atoms with Gasteiger partial charge in [-0.15, -0.1) is 0 Å². The Kier molecular flexibility index (Phi) is 6.57. The van der Waals surface area contributed by atoms with Crippen LogP contribution < -0.4 is 10.1 Å². The molecule has 2 unspecified atom stereocenters. The average Bonchev–Trinajstić information content (AvgIpc) is 3.06. The molecule has 0 fully saturated rings. The van der Waals surface area contributed by atoms with Crippen LogP contribution in [-0.2, 0) is 11.3 Å². The van der Waals surface area contributed by atoms with Gasteiger partial charge in [-0.1, -0.05) is 44.0 Å². The molecule has 1 heterocycles. The fraction of sp³-hybridized carbons (Fsp3) is 0.364. The van der Waals surface area contributed by atoms with E-state index >= 15 is 0 Å². The molecule has 1 amide bonds. The number of nitrogens with one attached hydrogen (secondary N) is 1. The maximum atomic E-state index is 12.4. The van der Waals surface area contributed by atoms with Crippen molar-refractivity contribution in [1.82, 2.24) is 14.9 Å². The number of benzene rings is 2. The van der Waals surface area contributed by atoms with E-state index < -0.39 is 0 Å². The third-order valence-electron chi connectivity index (χ3n) is 4.82. The fourth-order valence-corrected chi connectivity index (χ4v) is 3.21. The van der Waals surface area contributed by atoms with Crippen LogP contribution in [0, 0.1) is 5.92 Å². The summed E-state index contributed by atoms with van der Waals surface area (Å²) in [6.45, 7) is 7.17. The van der Waals surface area contributed by atoms with Gasteiger partial charge in [0.2, 0.25) is 0 Å². The van der Waals surface area contributed by atoms with Crippen molar-refractivity contribution >= 4 is 28.5 Å². The lowest BCUT2D eigenvalue weighted by Gasteiger charge is -2.18. The standard InChI is InChI=1S/C22H26ClN3O2/c1-4-15(2)13-26-20-8-6-5-7-19(20)25-22(26)16(3)24-21(27)14-28-18-11-9-17(23)10-12-18/h5-12,15-16H,4,13-14H2,1-3H3,(H,24,27). The maximum absolute atomic E-state index is 12.4. The molecule has 0 aliphatic carbocycles. The van der Waals surface area contributed by atoms with E-state index in [4.69, 9.17) is 21.3 Å². The first kappa shape index (κ1) is 20.2. The number of halogens is 1. The average molecular weight is 400 g/mol. The number of rotatable bonds is 8. The summed E-state index contributed by atoms with van der Waals surface area (Å²) in [6, 6.07) is 14.8. The number of amides is 1. The molecule has 5 nitrogen and oxygen atoms in total. The third-order valence-corrected chi connectivity index (χ3v) is 5.08. The summed E-state index contributed by atoms with van der Waals surface area (Å²) in [7, 11) is 0. The third kappa shape index (κ3) is 4.84. The molecule has 1 aromatic heterocycles. The Bertz CT molecular complexity index is 937. The predicted molar refractivity (Wildman–Crippen MR) is 113 cm³/mol. The van der Waals surface area contributed by atoms with Crippen LogP contribution >= 0.6 is 11.6 Å². The highest BCUT2D eigenvalue weighted by atomic mass is 35.5. The van der Waals surface area contributed by atoms with Crippen LogP contribution in [0.3, 0.4) is 0 Å². The van der Waals surface area contributed by atoms with Gasteiger partial charge in [-0.2, -0.15) is 0 Å². The molecular formula is C22H26ClN3O2. The molecule has 3 rings (SSSR count). The zero-order valence-corrected chi connectivity index (χ0v) is 17.2.